The number of esters is 1. The summed E-state index contributed by atoms with van der Waals surface area (Å²) in [7, 11) is 0. The number of aromatic nitrogens is 2. The van der Waals surface area contributed by atoms with Crippen LogP contribution in [0, 0.1) is 0 Å². The molecule has 2 rings (SSSR count). The Kier molecular flexibility index (Phi) is 6.45. The average molecular weight is 384 g/mol. The van der Waals surface area contributed by atoms with Crippen molar-refractivity contribution >= 4 is 40.9 Å². The number of hydrogen-bond acceptors (Lipinski definition) is 4. The van der Waals surface area contributed by atoms with Gasteiger partial charge < -0.3 is 10.1 Å². The highest BCUT2D eigenvalue weighted by Gasteiger charge is 2.20. The fourth-order valence-corrected chi connectivity index (χ4v) is 2.64. The van der Waals surface area contributed by atoms with Crippen molar-refractivity contribution in [1.29, 1.82) is 0 Å². The lowest BCUT2D eigenvalue weighted by atomic mass is 10.1. The first-order chi connectivity index (χ1) is 11.8. The van der Waals surface area contributed by atoms with Crippen LogP contribution in [0.25, 0.3) is 0 Å². The standard InChI is InChI=1S/C17H19Cl2N3O3/c1-10(2)22-15(6-7-20-22)21-17(24)11(3)25-16(23)8-12-4-5-13(18)9-14(12)19/h4-7,9-11H,8H2,1-3H3,(H,21,24)/t11-/m0/s1. The smallest absolute Gasteiger partial charge is 0.311 e. The molecule has 0 radical (unpaired) electrons. The number of halogens is 2. The van der Waals surface area contributed by atoms with Gasteiger partial charge in [-0.3, -0.25) is 9.59 Å². The van der Waals surface area contributed by atoms with Gasteiger partial charge >= 0.3 is 5.97 Å². The van der Waals surface area contributed by atoms with E-state index >= 15 is 0 Å². The van der Waals surface area contributed by atoms with Crippen molar-refractivity contribution in [3.63, 3.8) is 0 Å². The molecule has 2 aromatic rings. The van der Waals surface area contributed by atoms with Gasteiger partial charge in [-0.05, 0) is 38.5 Å². The SMILES string of the molecule is CC(C)n1nccc1NC(=O)[C@H](C)OC(=O)Cc1ccc(Cl)cc1Cl. The van der Waals surface area contributed by atoms with Gasteiger partial charge in [0.25, 0.3) is 5.91 Å². The molecular formula is C17H19Cl2N3O3. The molecule has 8 heteroatoms. The van der Waals surface area contributed by atoms with Gasteiger partial charge in [-0.15, -0.1) is 0 Å². The minimum absolute atomic E-state index is 0.0441. The molecule has 1 aromatic carbocycles. The molecule has 0 saturated carbocycles. The van der Waals surface area contributed by atoms with E-state index in [1.54, 1.807) is 35.1 Å². The summed E-state index contributed by atoms with van der Waals surface area (Å²) in [5.41, 5.74) is 0.585. The Morgan fingerprint density at radius 2 is 1.96 bits per heavy atom. The molecule has 25 heavy (non-hydrogen) atoms. The van der Waals surface area contributed by atoms with Gasteiger partial charge in [-0.25, -0.2) is 4.68 Å². The average Bonchev–Trinajstić information content (AvgIpc) is 2.98. The van der Waals surface area contributed by atoms with Crippen molar-refractivity contribution in [2.24, 2.45) is 0 Å². The summed E-state index contributed by atoms with van der Waals surface area (Å²) in [6, 6.07) is 6.61. The monoisotopic (exact) mass is 383 g/mol. The minimum atomic E-state index is -0.950. The van der Waals surface area contributed by atoms with Crippen LogP contribution in [0.5, 0.6) is 0 Å². The van der Waals surface area contributed by atoms with E-state index in [4.69, 9.17) is 27.9 Å². The molecule has 1 heterocycles. The second kappa shape index (κ2) is 8.36. The summed E-state index contributed by atoms with van der Waals surface area (Å²) in [6.45, 7) is 5.40. The fourth-order valence-electron chi connectivity index (χ4n) is 2.17. The zero-order chi connectivity index (χ0) is 18.6. The zero-order valence-corrected chi connectivity index (χ0v) is 15.6. The highest BCUT2D eigenvalue weighted by atomic mass is 35.5. The summed E-state index contributed by atoms with van der Waals surface area (Å²) in [4.78, 5) is 24.2. The number of ether oxygens (including phenoxy) is 1. The number of carbonyl (C=O) groups excluding carboxylic acids is 2. The van der Waals surface area contributed by atoms with Gasteiger partial charge in [0.15, 0.2) is 6.10 Å². The summed E-state index contributed by atoms with van der Waals surface area (Å²) in [5, 5.41) is 7.69. The Labute approximate surface area is 156 Å². The van der Waals surface area contributed by atoms with Crippen LogP contribution in [0.15, 0.2) is 30.5 Å². The molecule has 0 aliphatic carbocycles. The number of anilines is 1. The van der Waals surface area contributed by atoms with Crippen molar-refractivity contribution < 1.29 is 14.3 Å². The van der Waals surface area contributed by atoms with Gasteiger partial charge in [0.1, 0.15) is 5.82 Å². The molecule has 0 fully saturated rings. The number of amides is 1. The van der Waals surface area contributed by atoms with E-state index in [0.29, 0.717) is 21.4 Å². The van der Waals surface area contributed by atoms with Crippen molar-refractivity contribution in [3.8, 4) is 0 Å². The topological polar surface area (TPSA) is 73.2 Å². The van der Waals surface area contributed by atoms with Gasteiger partial charge in [0.05, 0.1) is 12.6 Å². The third kappa shape index (κ3) is 5.21. The van der Waals surface area contributed by atoms with E-state index in [9.17, 15) is 9.59 Å². The van der Waals surface area contributed by atoms with Crippen molar-refractivity contribution in [1.82, 2.24) is 9.78 Å². The van der Waals surface area contributed by atoms with Crippen LogP contribution >= 0.6 is 23.2 Å². The normalized spacial score (nSPS) is 12.1. The molecule has 0 spiro atoms. The van der Waals surface area contributed by atoms with Crippen LogP contribution in [-0.2, 0) is 20.7 Å². The van der Waals surface area contributed by atoms with E-state index in [2.05, 4.69) is 10.4 Å². The van der Waals surface area contributed by atoms with Gasteiger partial charge in [-0.2, -0.15) is 5.10 Å². The van der Waals surface area contributed by atoms with E-state index in [1.165, 1.54) is 6.92 Å². The van der Waals surface area contributed by atoms with E-state index in [-0.39, 0.29) is 12.5 Å². The molecule has 0 bridgehead atoms. The molecule has 6 nitrogen and oxygen atoms in total. The van der Waals surface area contributed by atoms with Crippen LogP contribution in [0.1, 0.15) is 32.4 Å². The summed E-state index contributed by atoms with van der Waals surface area (Å²) in [5.74, 6) is -0.439. The van der Waals surface area contributed by atoms with Gasteiger partial charge in [0.2, 0.25) is 0 Å². The number of rotatable bonds is 6. The molecule has 0 unspecified atom stereocenters. The van der Waals surface area contributed by atoms with Crippen LogP contribution in [-0.4, -0.2) is 27.8 Å². The maximum Gasteiger partial charge on any atom is 0.311 e. The fraction of sp³-hybridized carbons (Fsp3) is 0.353. The second-order valence-electron chi connectivity index (χ2n) is 5.79. The minimum Gasteiger partial charge on any atom is -0.452 e. The predicted octanol–water partition coefficient (Wildman–Crippen LogP) is 3.88. The number of carbonyl (C=O) groups is 2. The highest BCUT2D eigenvalue weighted by molar-refractivity contribution is 6.35. The van der Waals surface area contributed by atoms with Crippen LogP contribution < -0.4 is 5.32 Å². The third-order valence-electron chi connectivity index (χ3n) is 3.44. The van der Waals surface area contributed by atoms with Crippen molar-refractivity contribution in [2.75, 3.05) is 5.32 Å². The molecule has 1 aromatic heterocycles. The predicted molar refractivity (Wildman–Crippen MR) is 97.0 cm³/mol. The zero-order valence-electron chi connectivity index (χ0n) is 14.1. The van der Waals surface area contributed by atoms with Gasteiger partial charge in [0, 0.05) is 22.2 Å². The lowest BCUT2D eigenvalue weighted by molar-refractivity contribution is -0.152. The lowest BCUT2D eigenvalue weighted by Gasteiger charge is -2.16. The quantitative estimate of drug-likeness (QED) is 0.767. The second-order valence-corrected chi connectivity index (χ2v) is 6.63. The Hall–Kier alpha value is -2.05. The largest absolute Gasteiger partial charge is 0.452 e. The molecule has 1 N–H and O–H groups in total. The van der Waals surface area contributed by atoms with E-state index in [1.807, 2.05) is 13.8 Å². The summed E-state index contributed by atoms with van der Waals surface area (Å²) in [6.07, 6.45) is 0.598. The highest BCUT2D eigenvalue weighted by Crippen LogP contribution is 2.22. The number of benzene rings is 1. The van der Waals surface area contributed by atoms with Crippen LogP contribution in [0.3, 0.4) is 0 Å². The van der Waals surface area contributed by atoms with Crippen LogP contribution in [0.2, 0.25) is 10.0 Å². The molecule has 1 atom stereocenters. The van der Waals surface area contributed by atoms with Crippen molar-refractivity contribution in [2.45, 2.75) is 39.3 Å². The summed E-state index contributed by atoms with van der Waals surface area (Å²) >= 11 is 11.9. The Morgan fingerprint density at radius 3 is 2.60 bits per heavy atom. The number of hydrogen-bond donors (Lipinski definition) is 1. The maximum atomic E-state index is 12.2. The van der Waals surface area contributed by atoms with Gasteiger partial charge in [-0.1, -0.05) is 29.3 Å². The summed E-state index contributed by atoms with van der Waals surface area (Å²) < 4.78 is 6.84. The first-order valence-corrected chi connectivity index (χ1v) is 8.51. The first-order valence-electron chi connectivity index (χ1n) is 7.75. The Bertz CT molecular complexity index is 774. The molecule has 0 saturated heterocycles. The molecule has 1 amide bonds. The first kappa shape index (κ1) is 19.3. The lowest BCUT2D eigenvalue weighted by Crippen LogP contribution is -2.31. The van der Waals surface area contributed by atoms with E-state index < -0.39 is 18.0 Å². The molecule has 134 valence electrons. The Balaban J connectivity index is 1.94. The van der Waals surface area contributed by atoms with Crippen LogP contribution in [0.4, 0.5) is 5.82 Å². The molecular weight excluding hydrogens is 365 g/mol. The van der Waals surface area contributed by atoms with E-state index in [0.717, 1.165) is 0 Å². The molecule has 0 aliphatic rings. The third-order valence-corrected chi connectivity index (χ3v) is 4.02. The van der Waals surface area contributed by atoms with Crippen molar-refractivity contribution in [3.05, 3.63) is 46.1 Å². The Morgan fingerprint density at radius 1 is 1.24 bits per heavy atom. The number of nitrogens with one attached hydrogen (secondary N) is 1. The molecule has 0 aliphatic heterocycles. The number of nitrogens with zero attached hydrogens (tertiary/aromatic N) is 2. The maximum absolute atomic E-state index is 12.2.